The second-order valence-corrected chi connectivity index (χ2v) is 8.60. The maximum absolute atomic E-state index is 12.3. The van der Waals surface area contributed by atoms with Crippen molar-refractivity contribution in [1.82, 2.24) is 15.3 Å². The molecule has 1 saturated heterocycles. The Bertz CT molecular complexity index is 777. The van der Waals surface area contributed by atoms with Crippen LogP contribution in [0.2, 0.25) is 0 Å². The van der Waals surface area contributed by atoms with Crippen LogP contribution in [-0.2, 0) is 17.6 Å². The highest BCUT2D eigenvalue weighted by Gasteiger charge is 2.28. The third kappa shape index (κ3) is 3.24. The first-order valence-electron chi connectivity index (χ1n) is 9.44. The third-order valence-electron chi connectivity index (χ3n) is 5.33. The van der Waals surface area contributed by atoms with E-state index >= 15 is 0 Å². The number of anilines is 1. The number of hydrogen-bond donors (Lipinski definition) is 1. The van der Waals surface area contributed by atoms with Gasteiger partial charge in [-0.15, -0.1) is 11.3 Å². The fourth-order valence-electron chi connectivity index (χ4n) is 4.07. The third-order valence-corrected chi connectivity index (χ3v) is 6.53. The number of hydrogen-bond acceptors (Lipinski definition) is 5. The molecule has 3 heterocycles. The Morgan fingerprint density at radius 2 is 2.00 bits per heavy atom. The first kappa shape index (κ1) is 16.8. The molecule has 1 N–H and O–H groups in total. The van der Waals surface area contributed by atoms with Gasteiger partial charge in [0, 0.05) is 29.9 Å². The number of carbonyl (C=O) groups is 1. The van der Waals surface area contributed by atoms with Gasteiger partial charge in [-0.3, -0.25) is 4.79 Å². The summed E-state index contributed by atoms with van der Waals surface area (Å²) in [6.07, 6.45) is 8.41. The van der Waals surface area contributed by atoms with Crippen molar-refractivity contribution in [3.63, 3.8) is 0 Å². The van der Waals surface area contributed by atoms with Crippen LogP contribution in [0.5, 0.6) is 0 Å². The number of rotatable bonds is 3. The van der Waals surface area contributed by atoms with Crippen LogP contribution in [0.1, 0.15) is 50.0 Å². The normalized spacial score (nSPS) is 18.6. The lowest BCUT2D eigenvalue weighted by molar-refractivity contribution is -0.126. The van der Waals surface area contributed by atoms with Crippen molar-refractivity contribution in [3.8, 4) is 0 Å². The molecule has 1 aliphatic carbocycles. The summed E-state index contributed by atoms with van der Waals surface area (Å²) in [5.74, 6) is 1.43. The van der Waals surface area contributed by atoms with Crippen LogP contribution >= 0.6 is 11.3 Å². The van der Waals surface area contributed by atoms with Crippen molar-refractivity contribution in [1.29, 1.82) is 0 Å². The predicted octanol–water partition coefficient (Wildman–Crippen LogP) is 3.31. The average Bonchev–Trinajstić information content (AvgIpc) is 3.00. The first-order valence-corrected chi connectivity index (χ1v) is 10.3. The van der Waals surface area contributed by atoms with E-state index in [-0.39, 0.29) is 17.9 Å². The van der Waals surface area contributed by atoms with Crippen LogP contribution in [0.4, 0.5) is 5.82 Å². The fraction of sp³-hybridized carbons (Fsp3) is 0.632. The first-order chi connectivity index (χ1) is 12.1. The van der Waals surface area contributed by atoms with Crippen LogP contribution in [0.25, 0.3) is 10.2 Å². The van der Waals surface area contributed by atoms with Crippen LogP contribution in [0.3, 0.4) is 0 Å². The minimum atomic E-state index is 0.132. The number of amides is 1. The molecule has 4 rings (SSSR count). The SMILES string of the molecule is CC(C)NC(=O)C1CCN(c2ncnc3sc4c(c23)CCCC4)CC1. The molecule has 0 spiro atoms. The number of fused-ring (bicyclic) bond motifs is 3. The largest absolute Gasteiger partial charge is 0.356 e. The van der Waals surface area contributed by atoms with Crippen molar-refractivity contribution in [2.24, 2.45) is 5.92 Å². The van der Waals surface area contributed by atoms with Crippen molar-refractivity contribution in [3.05, 3.63) is 16.8 Å². The molecule has 134 valence electrons. The Hall–Kier alpha value is -1.69. The summed E-state index contributed by atoms with van der Waals surface area (Å²) in [6, 6.07) is 0.212. The monoisotopic (exact) mass is 358 g/mol. The summed E-state index contributed by atoms with van der Waals surface area (Å²) >= 11 is 1.85. The number of piperidine rings is 1. The van der Waals surface area contributed by atoms with Crippen LogP contribution in [0.15, 0.2) is 6.33 Å². The van der Waals surface area contributed by atoms with E-state index in [0.29, 0.717) is 0 Å². The van der Waals surface area contributed by atoms with Gasteiger partial charge in [0.15, 0.2) is 0 Å². The Labute approximate surface area is 152 Å². The smallest absolute Gasteiger partial charge is 0.223 e. The second kappa shape index (κ2) is 6.90. The van der Waals surface area contributed by atoms with Gasteiger partial charge in [-0.05, 0) is 57.9 Å². The summed E-state index contributed by atoms with van der Waals surface area (Å²) in [6.45, 7) is 5.83. The van der Waals surface area contributed by atoms with Crippen LogP contribution < -0.4 is 10.2 Å². The van der Waals surface area contributed by atoms with Gasteiger partial charge in [0.25, 0.3) is 0 Å². The molecule has 25 heavy (non-hydrogen) atoms. The van der Waals surface area contributed by atoms with E-state index in [1.165, 1.54) is 35.1 Å². The summed E-state index contributed by atoms with van der Waals surface area (Å²) in [5.41, 5.74) is 1.49. The summed E-state index contributed by atoms with van der Waals surface area (Å²) < 4.78 is 0. The van der Waals surface area contributed by atoms with Gasteiger partial charge in [0.2, 0.25) is 5.91 Å². The number of nitrogens with zero attached hydrogens (tertiary/aromatic N) is 3. The minimum absolute atomic E-state index is 0.132. The molecule has 6 heteroatoms. The predicted molar refractivity (Wildman–Crippen MR) is 102 cm³/mol. The van der Waals surface area contributed by atoms with Crippen LogP contribution in [-0.4, -0.2) is 35.0 Å². The zero-order chi connectivity index (χ0) is 17.4. The van der Waals surface area contributed by atoms with Gasteiger partial charge in [-0.1, -0.05) is 0 Å². The molecule has 0 aromatic carbocycles. The van der Waals surface area contributed by atoms with E-state index in [0.717, 1.165) is 43.0 Å². The number of thiophene rings is 1. The Balaban J connectivity index is 1.55. The van der Waals surface area contributed by atoms with Gasteiger partial charge in [0.05, 0.1) is 5.39 Å². The van der Waals surface area contributed by atoms with E-state index in [2.05, 4.69) is 20.2 Å². The zero-order valence-corrected chi connectivity index (χ0v) is 15.9. The molecular weight excluding hydrogens is 332 g/mol. The molecule has 0 saturated carbocycles. The number of carbonyl (C=O) groups excluding carboxylic acids is 1. The molecule has 1 aliphatic heterocycles. The van der Waals surface area contributed by atoms with Gasteiger partial charge < -0.3 is 10.2 Å². The van der Waals surface area contributed by atoms with Gasteiger partial charge in [0.1, 0.15) is 17.0 Å². The summed E-state index contributed by atoms with van der Waals surface area (Å²) in [7, 11) is 0. The molecule has 2 aromatic heterocycles. The molecule has 1 amide bonds. The van der Waals surface area contributed by atoms with Gasteiger partial charge in [-0.2, -0.15) is 0 Å². The number of aromatic nitrogens is 2. The second-order valence-electron chi connectivity index (χ2n) is 7.51. The lowest BCUT2D eigenvalue weighted by atomic mass is 9.94. The molecule has 0 atom stereocenters. The number of nitrogens with one attached hydrogen (secondary N) is 1. The quantitative estimate of drug-likeness (QED) is 0.914. The molecule has 0 radical (unpaired) electrons. The highest BCUT2D eigenvalue weighted by molar-refractivity contribution is 7.19. The highest BCUT2D eigenvalue weighted by Crippen LogP contribution is 2.39. The zero-order valence-electron chi connectivity index (χ0n) is 15.0. The molecule has 5 nitrogen and oxygen atoms in total. The highest BCUT2D eigenvalue weighted by atomic mass is 32.1. The molecule has 1 fully saturated rings. The summed E-state index contributed by atoms with van der Waals surface area (Å²) in [4.78, 5) is 26.5. The van der Waals surface area contributed by atoms with Crippen molar-refractivity contribution in [2.45, 2.75) is 58.4 Å². The lowest BCUT2D eigenvalue weighted by Gasteiger charge is -2.33. The average molecular weight is 359 g/mol. The maximum atomic E-state index is 12.3. The standard InChI is InChI=1S/C19H26N4OS/c1-12(2)22-18(24)13-7-9-23(10-8-13)17-16-14-5-3-4-6-15(14)25-19(16)21-11-20-17/h11-13H,3-10H2,1-2H3,(H,22,24). The Kier molecular flexibility index (Phi) is 4.63. The minimum Gasteiger partial charge on any atom is -0.356 e. The molecule has 2 aromatic rings. The molecule has 0 bridgehead atoms. The van der Waals surface area contributed by atoms with Gasteiger partial charge in [-0.25, -0.2) is 9.97 Å². The van der Waals surface area contributed by atoms with E-state index < -0.39 is 0 Å². The van der Waals surface area contributed by atoms with E-state index in [9.17, 15) is 4.79 Å². The van der Waals surface area contributed by atoms with Crippen molar-refractivity contribution >= 4 is 33.3 Å². The maximum Gasteiger partial charge on any atom is 0.223 e. The van der Waals surface area contributed by atoms with Crippen LogP contribution in [0, 0.1) is 5.92 Å². The lowest BCUT2D eigenvalue weighted by Crippen LogP contribution is -2.42. The fourth-order valence-corrected chi connectivity index (χ4v) is 5.29. The van der Waals surface area contributed by atoms with Gasteiger partial charge >= 0.3 is 0 Å². The van der Waals surface area contributed by atoms with E-state index in [4.69, 9.17) is 0 Å². The van der Waals surface area contributed by atoms with E-state index in [1.54, 1.807) is 6.33 Å². The Morgan fingerprint density at radius 3 is 2.76 bits per heavy atom. The molecule has 0 unspecified atom stereocenters. The topological polar surface area (TPSA) is 58.1 Å². The Morgan fingerprint density at radius 1 is 1.24 bits per heavy atom. The van der Waals surface area contributed by atoms with E-state index in [1.807, 2.05) is 25.2 Å². The van der Waals surface area contributed by atoms with Crippen molar-refractivity contribution in [2.75, 3.05) is 18.0 Å². The summed E-state index contributed by atoms with van der Waals surface area (Å²) in [5, 5.41) is 4.34. The molecular formula is C19H26N4OS. The number of aryl methyl sites for hydroxylation is 2. The molecule has 2 aliphatic rings. The van der Waals surface area contributed by atoms with Crippen molar-refractivity contribution < 1.29 is 4.79 Å².